The van der Waals surface area contributed by atoms with Crippen LogP contribution >= 0.6 is 11.8 Å². The summed E-state index contributed by atoms with van der Waals surface area (Å²) in [5, 5.41) is 0.665. The van der Waals surface area contributed by atoms with E-state index in [0.717, 1.165) is 10.5 Å². The molecule has 1 N–H and O–H groups in total. The number of hydrogen-bond acceptors (Lipinski definition) is 3. The van der Waals surface area contributed by atoms with Gasteiger partial charge in [-0.05, 0) is 24.6 Å². The molecule has 4 nitrogen and oxygen atoms in total. The van der Waals surface area contributed by atoms with E-state index < -0.39 is 5.69 Å². The fourth-order valence-electron chi connectivity index (χ4n) is 2.41. The van der Waals surface area contributed by atoms with Crippen molar-refractivity contribution in [2.24, 2.45) is 0 Å². The summed E-state index contributed by atoms with van der Waals surface area (Å²) in [5.41, 5.74) is 0.869. The lowest BCUT2D eigenvalue weighted by molar-refractivity contribution is 0.654. The number of aromatic amines is 1. The zero-order valence-corrected chi connectivity index (χ0v) is 14.6. The van der Waals surface area contributed by atoms with Crippen LogP contribution in [0.3, 0.4) is 0 Å². The van der Waals surface area contributed by atoms with Crippen LogP contribution < -0.4 is 11.2 Å². The summed E-state index contributed by atoms with van der Waals surface area (Å²) in [7, 11) is 0. The van der Waals surface area contributed by atoms with E-state index >= 15 is 0 Å². The first-order valence-corrected chi connectivity index (χ1v) is 8.75. The van der Waals surface area contributed by atoms with Crippen LogP contribution in [0, 0.1) is 6.92 Å². The Kier molecular flexibility index (Phi) is 5.36. The molecule has 0 saturated heterocycles. The normalized spacial score (nSPS) is 11.1. The topological polar surface area (TPSA) is 54.9 Å². The first kappa shape index (κ1) is 17.0. The zero-order chi connectivity index (χ0) is 17.6. The number of nitrogens with one attached hydrogen (secondary N) is 1. The standard InChI is InChI=1S/C20H18N2O2S/c1-15-18(23)21-20(24)22(14-8-11-16-9-4-2-5-10-16)19(15)25-17-12-6-3-7-13-17/h2-13H,14H2,1H3,(H,21,23,24)/b11-8+. The number of H-pyrrole nitrogens is 1. The molecule has 0 aliphatic heterocycles. The van der Waals surface area contributed by atoms with Gasteiger partial charge in [0.25, 0.3) is 5.56 Å². The Bertz CT molecular complexity index is 990. The van der Waals surface area contributed by atoms with Gasteiger partial charge in [0, 0.05) is 17.0 Å². The van der Waals surface area contributed by atoms with Gasteiger partial charge in [-0.2, -0.15) is 0 Å². The molecule has 0 saturated carbocycles. The molecule has 25 heavy (non-hydrogen) atoms. The highest BCUT2D eigenvalue weighted by Crippen LogP contribution is 2.27. The number of allylic oxidation sites excluding steroid dienone is 1. The molecule has 2 aromatic carbocycles. The SMILES string of the molecule is Cc1c(Sc2ccccc2)n(C/C=C/c2ccccc2)c(=O)[nH]c1=O. The average molecular weight is 350 g/mol. The fraction of sp³-hybridized carbons (Fsp3) is 0.100. The lowest BCUT2D eigenvalue weighted by Gasteiger charge is -2.12. The molecule has 0 spiro atoms. The van der Waals surface area contributed by atoms with Gasteiger partial charge in [-0.3, -0.25) is 14.3 Å². The lowest BCUT2D eigenvalue weighted by Crippen LogP contribution is -2.32. The molecule has 0 atom stereocenters. The first-order valence-electron chi connectivity index (χ1n) is 7.93. The minimum atomic E-state index is -0.397. The van der Waals surface area contributed by atoms with Crippen molar-refractivity contribution in [3.05, 3.63) is 98.7 Å². The molecule has 1 aromatic heterocycles. The summed E-state index contributed by atoms with van der Waals surface area (Å²) in [5.74, 6) is 0. The van der Waals surface area contributed by atoms with E-state index in [1.165, 1.54) is 11.8 Å². The molecule has 5 heteroatoms. The van der Waals surface area contributed by atoms with Crippen molar-refractivity contribution in [1.29, 1.82) is 0 Å². The van der Waals surface area contributed by atoms with Crippen LogP contribution in [0.1, 0.15) is 11.1 Å². The van der Waals surface area contributed by atoms with E-state index in [1.54, 1.807) is 11.5 Å². The van der Waals surface area contributed by atoms with Crippen LogP contribution in [0.5, 0.6) is 0 Å². The number of hydrogen-bond donors (Lipinski definition) is 1. The second kappa shape index (κ2) is 7.85. The lowest BCUT2D eigenvalue weighted by atomic mass is 10.2. The molecule has 126 valence electrons. The van der Waals surface area contributed by atoms with Gasteiger partial charge >= 0.3 is 5.69 Å². The second-order valence-corrected chi connectivity index (χ2v) is 6.59. The highest BCUT2D eigenvalue weighted by molar-refractivity contribution is 7.99. The van der Waals surface area contributed by atoms with Gasteiger partial charge < -0.3 is 0 Å². The molecule has 0 radical (unpaired) electrons. The molecule has 3 aromatic rings. The molecule has 1 heterocycles. The Morgan fingerprint density at radius 2 is 1.64 bits per heavy atom. The van der Waals surface area contributed by atoms with Gasteiger partial charge in [-0.25, -0.2) is 4.79 Å². The summed E-state index contributed by atoms with van der Waals surface area (Å²) < 4.78 is 1.59. The molecule has 0 unspecified atom stereocenters. The van der Waals surface area contributed by atoms with Crippen molar-refractivity contribution < 1.29 is 0 Å². The van der Waals surface area contributed by atoms with Crippen molar-refractivity contribution >= 4 is 17.8 Å². The third-order valence-corrected chi connectivity index (χ3v) is 4.96. The predicted octanol–water partition coefficient (Wildman–Crippen LogP) is 3.71. The van der Waals surface area contributed by atoms with Crippen LogP contribution in [-0.2, 0) is 6.54 Å². The fourth-order valence-corrected chi connectivity index (χ4v) is 3.44. The third kappa shape index (κ3) is 4.19. The molecular weight excluding hydrogens is 332 g/mol. The van der Waals surface area contributed by atoms with Gasteiger partial charge in [0.1, 0.15) is 0 Å². The van der Waals surface area contributed by atoms with E-state index in [0.29, 0.717) is 17.1 Å². The minimum absolute atomic E-state index is 0.341. The Labute approximate surface area is 149 Å². The summed E-state index contributed by atoms with van der Waals surface area (Å²) in [4.78, 5) is 27.7. The van der Waals surface area contributed by atoms with Gasteiger partial charge in [0.15, 0.2) is 0 Å². The summed E-state index contributed by atoms with van der Waals surface area (Å²) in [6.45, 7) is 2.13. The van der Waals surface area contributed by atoms with Crippen LogP contribution in [0.4, 0.5) is 0 Å². The van der Waals surface area contributed by atoms with Crippen LogP contribution in [0.25, 0.3) is 6.08 Å². The summed E-state index contributed by atoms with van der Waals surface area (Å²) in [6, 6.07) is 19.6. The third-order valence-electron chi connectivity index (χ3n) is 3.73. The highest BCUT2D eigenvalue weighted by atomic mass is 32.2. The van der Waals surface area contributed by atoms with E-state index in [1.807, 2.05) is 72.8 Å². The van der Waals surface area contributed by atoms with E-state index in [9.17, 15) is 9.59 Å². The maximum atomic E-state index is 12.3. The smallest absolute Gasteiger partial charge is 0.284 e. The Balaban J connectivity index is 1.95. The number of benzene rings is 2. The Morgan fingerprint density at radius 3 is 2.32 bits per heavy atom. The summed E-state index contributed by atoms with van der Waals surface area (Å²) in [6.07, 6.45) is 3.88. The van der Waals surface area contributed by atoms with E-state index in [-0.39, 0.29) is 5.56 Å². The number of aromatic nitrogens is 2. The van der Waals surface area contributed by atoms with Gasteiger partial charge in [-0.15, -0.1) is 0 Å². The monoisotopic (exact) mass is 350 g/mol. The maximum Gasteiger partial charge on any atom is 0.329 e. The molecule has 0 bridgehead atoms. The van der Waals surface area contributed by atoms with Gasteiger partial charge in [-0.1, -0.05) is 72.4 Å². The maximum absolute atomic E-state index is 12.3. The number of nitrogens with zero attached hydrogens (tertiary/aromatic N) is 1. The van der Waals surface area contributed by atoms with E-state index in [4.69, 9.17) is 0 Å². The van der Waals surface area contributed by atoms with Crippen molar-refractivity contribution in [2.45, 2.75) is 23.4 Å². The molecule has 0 fully saturated rings. The molecule has 0 aliphatic rings. The molecule has 3 rings (SSSR count). The quantitative estimate of drug-likeness (QED) is 0.714. The van der Waals surface area contributed by atoms with Gasteiger partial charge in [0.2, 0.25) is 0 Å². The molecule has 0 aliphatic carbocycles. The van der Waals surface area contributed by atoms with Crippen LogP contribution in [-0.4, -0.2) is 9.55 Å². The van der Waals surface area contributed by atoms with Gasteiger partial charge in [0.05, 0.1) is 5.03 Å². The van der Waals surface area contributed by atoms with Crippen molar-refractivity contribution in [2.75, 3.05) is 0 Å². The second-order valence-electron chi connectivity index (χ2n) is 5.53. The minimum Gasteiger partial charge on any atom is -0.284 e. The number of rotatable bonds is 5. The Hall–Kier alpha value is -2.79. The highest BCUT2D eigenvalue weighted by Gasteiger charge is 2.12. The predicted molar refractivity (Wildman–Crippen MR) is 102 cm³/mol. The van der Waals surface area contributed by atoms with Crippen molar-refractivity contribution in [1.82, 2.24) is 9.55 Å². The van der Waals surface area contributed by atoms with Crippen LogP contribution in [0.2, 0.25) is 0 Å². The largest absolute Gasteiger partial charge is 0.329 e. The Morgan fingerprint density at radius 1 is 1.00 bits per heavy atom. The van der Waals surface area contributed by atoms with Crippen molar-refractivity contribution in [3.63, 3.8) is 0 Å². The first-order chi connectivity index (χ1) is 12.1. The van der Waals surface area contributed by atoms with Crippen LogP contribution in [0.15, 0.2) is 86.3 Å². The average Bonchev–Trinajstić information content (AvgIpc) is 2.63. The van der Waals surface area contributed by atoms with E-state index in [2.05, 4.69) is 4.98 Å². The zero-order valence-electron chi connectivity index (χ0n) is 13.8. The summed E-state index contributed by atoms with van der Waals surface area (Å²) >= 11 is 1.42. The molecule has 0 amide bonds. The van der Waals surface area contributed by atoms with Crippen molar-refractivity contribution in [3.8, 4) is 0 Å². The molecular formula is C20H18N2O2S.